The number of carbonyl (C=O) groups is 1. The van der Waals surface area contributed by atoms with E-state index < -0.39 is 6.29 Å². The van der Waals surface area contributed by atoms with Gasteiger partial charge in [-0.3, -0.25) is 9.36 Å². The van der Waals surface area contributed by atoms with Crippen LogP contribution in [0, 0.1) is 4.77 Å². The highest BCUT2D eigenvalue weighted by molar-refractivity contribution is 7.71. The Kier molecular flexibility index (Phi) is 4.75. The van der Waals surface area contributed by atoms with Crippen molar-refractivity contribution in [3.63, 3.8) is 0 Å². The number of hydrogen-bond donors (Lipinski definition) is 0. The second kappa shape index (κ2) is 7.55. The summed E-state index contributed by atoms with van der Waals surface area (Å²) in [5.74, 6) is 1.32. The first-order valence-corrected chi connectivity index (χ1v) is 9.85. The van der Waals surface area contributed by atoms with Crippen LogP contribution in [0.5, 0.6) is 5.75 Å². The molecule has 0 unspecified atom stereocenters. The lowest BCUT2D eigenvalue weighted by molar-refractivity contribution is -0.156. The van der Waals surface area contributed by atoms with Crippen molar-refractivity contribution in [3.05, 3.63) is 71.3 Å². The van der Waals surface area contributed by atoms with E-state index in [1.54, 1.807) is 4.68 Å². The molecule has 3 aromatic rings. The summed E-state index contributed by atoms with van der Waals surface area (Å²) in [6, 6.07) is 19.0. The number of fused-ring (bicyclic) bond motifs is 2. The van der Waals surface area contributed by atoms with E-state index in [4.69, 9.17) is 31.5 Å². The monoisotopic (exact) mass is 409 g/mol. The van der Waals surface area contributed by atoms with Gasteiger partial charge in [0.2, 0.25) is 11.1 Å². The van der Waals surface area contributed by atoms with Crippen molar-refractivity contribution < 1.29 is 19.0 Å². The standard InChI is InChI=1S/C21H19N3O4S/c25-17-11-16(18-12-27-20(17)28-18)24-21(29)23(14-7-3-1-4-8-14)19(22-24)13-26-15-9-5-2-6-10-15/h1-10,16,18,20H,11-13H2/t16-,18-,20+/m1/s1. The maximum absolute atomic E-state index is 12.3. The molecule has 148 valence electrons. The van der Waals surface area contributed by atoms with E-state index in [0.717, 1.165) is 11.4 Å². The molecule has 1 aromatic heterocycles. The van der Waals surface area contributed by atoms with Crippen LogP contribution in [-0.2, 0) is 20.9 Å². The molecular formula is C21H19N3O4S. The van der Waals surface area contributed by atoms with E-state index in [0.29, 0.717) is 17.2 Å². The quantitative estimate of drug-likeness (QED) is 0.603. The Labute approximate surface area is 172 Å². The largest absolute Gasteiger partial charge is 0.486 e. The lowest BCUT2D eigenvalue weighted by Crippen LogP contribution is -2.37. The van der Waals surface area contributed by atoms with Crippen molar-refractivity contribution in [1.82, 2.24) is 14.3 Å². The van der Waals surface area contributed by atoms with Crippen LogP contribution in [0.4, 0.5) is 0 Å². The van der Waals surface area contributed by atoms with E-state index in [2.05, 4.69) is 0 Å². The zero-order valence-corrected chi connectivity index (χ0v) is 16.3. The van der Waals surface area contributed by atoms with Gasteiger partial charge in [-0.1, -0.05) is 36.4 Å². The molecule has 0 aliphatic carbocycles. The van der Waals surface area contributed by atoms with E-state index in [1.165, 1.54) is 0 Å². The van der Waals surface area contributed by atoms with Gasteiger partial charge < -0.3 is 14.2 Å². The minimum Gasteiger partial charge on any atom is -0.486 e. The Bertz CT molecular complexity index is 1080. The number of aromatic nitrogens is 3. The van der Waals surface area contributed by atoms with Crippen molar-refractivity contribution in [3.8, 4) is 11.4 Å². The molecule has 8 heteroatoms. The van der Waals surface area contributed by atoms with Crippen molar-refractivity contribution in [2.75, 3.05) is 6.61 Å². The first-order valence-electron chi connectivity index (χ1n) is 9.44. The van der Waals surface area contributed by atoms with Gasteiger partial charge in [-0.05, 0) is 36.5 Å². The van der Waals surface area contributed by atoms with Gasteiger partial charge in [0.15, 0.2) is 11.6 Å². The number of Topliss-reactive ketones (excluding diaryl/α,β-unsaturated/α-hetero) is 1. The first-order chi connectivity index (χ1) is 14.2. The molecule has 0 spiro atoms. The Hall–Kier alpha value is -2.81. The number of ketones is 1. The van der Waals surface area contributed by atoms with Crippen LogP contribution in [0.15, 0.2) is 60.7 Å². The minimum atomic E-state index is -0.748. The maximum Gasteiger partial charge on any atom is 0.218 e. The van der Waals surface area contributed by atoms with Crippen molar-refractivity contribution >= 4 is 18.0 Å². The summed E-state index contributed by atoms with van der Waals surface area (Å²) >= 11 is 5.76. The first kappa shape index (κ1) is 18.2. The lowest BCUT2D eigenvalue weighted by atomic mass is 10.0. The number of benzene rings is 2. The summed E-state index contributed by atoms with van der Waals surface area (Å²) < 4.78 is 21.1. The topological polar surface area (TPSA) is 67.5 Å². The van der Waals surface area contributed by atoms with Crippen molar-refractivity contribution in [1.29, 1.82) is 0 Å². The summed E-state index contributed by atoms with van der Waals surface area (Å²) in [7, 11) is 0. The van der Waals surface area contributed by atoms with E-state index in [1.807, 2.05) is 65.2 Å². The van der Waals surface area contributed by atoms with Gasteiger partial charge in [0.1, 0.15) is 18.5 Å². The van der Waals surface area contributed by atoms with Crippen LogP contribution >= 0.6 is 12.2 Å². The second-order valence-electron chi connectivity index (χ2n) is 6.99. The molecule has 0 saturated carbocycles. The molecule has 0 radical (unpaired) electrons. The van der Waals surface area contributed by atoms with Crippen LogP contribution in [0.2, 0.25) is 0 Å². The van der Waals surface area contributed by atoms with Crippen molar-refractivity contribution in [2.45, 2.75) is 31.5 Å². The molecule has 2 aromatic carbocycles. The van der Waals surface area contributed by atoms with Crippen LogP contribution < -0.4 is 4.74 Å². The van der Waals surface area contributed by atoms with Crippen LogP contribution in [0.3, 0.4) is 0 Å². The Morgan fingerprint density at radius 1 is 1.10 bits per heavy atom. The van der Waals surface area contributed by atoms with Gasteiger partial charge in [-0.15, -0.1) is 0 Å². The Morgan fingerprint density at radius 3 is 2.59 bits per heavy atom. The second-order valence-corrected chi connectivity index (χ2v) is 7.36. The SMILES string of the molecule is O=C1C[C@@H](n2nc(COc3ccccc3)n(-c3ccccc3)c2=S)[C@H]2CO[C@H]1O2. The maximum atomic E-state index is 12.3. The molecule has 2 aliphatic rings. The van der Waals surface area contributed by atoms with E-state index >= 15 is 0 Å². The highest BCUT2D eigenvalue weighted by Gasteiger charge is 2.45. The van der Waals surface area contributed by atoms with Gasteiger partial charge in [0, 0.05) is 12.1 Å². The Balaban J connectivity index is 1.53. The van der Waals surface area contributed by atoms with E-state index in [9.17, 15) is 4.79 Å². The van der Waals surface area contributed by atoms with Gasteiger partial charge in [-0.25, -0.2) is 4.68 Å². The summed E-state index contributed by atoms with van der Waals surface area (Å²) in [4.78, 5) is 12.3. The summed E-state index contributed by atoms with van der Waals surface area (Å²) in [5.41, 5.74) is 0.888. The third-order valence-corrected chi connectivity index (χ3v) is 5.49. The highest BCUT2D eigenvalue weighted by Crippen LogP contribution is 2.33. The molecule has 2 fully saturated rings. The molecule has 0 amide bonds. The third kappa shape index (κ3) is 3.39. The molecule has 3 atom stereocenters. The number of carbonyl (C=O) groups excluding carboxylic acids is 1. The average molecular weight is 409 g/mol. The minimum absolute atomic E-state index is 0.0815. The summed E-state index contributed by atoms with van der Waals surface area (Å²) in [6.45, 7) is 0.595. The molecule has 7 nitrogen and oxygen atoms in total. The molecular weight excluding hydrogens is 390 g/mol. The highest BCUT2D eigenvalue weighted by atomic mass is 32.1. The fourth-order valence-electron chi connectivity index (χ4n) is 3.70. The summed E-state index contributed by atoms with van der Waals surface area (Å²) in [6.07, 6.45) is -0.706. The summed E-state index contributed by atoms with van der Waals surface area (Å²) in [5, 5.41) is 4.74. The van der Waals surface area contributed by atoms with Gasteiger partial charge in [-0.2, -0.15) is 5.10 Å². The molecule has 0 N–H and O–H groups in total. The molecule has 29 heavy (non-hydrogen) atoms. The number of ether oxygens (including phenoxy) is 3. The van der Waals surface area contributed by atoms with Gasteiger partial charge in [0.25, 0.3) is 0 Å². The number of hydrogen-bond acceptors (Lipinski definition) is 6. The smallest absolute Gasteiger partial charge is 0.218 e. The lowest BCUT2D eigenvalue weighted by Gasteiger charge is -2.26. The fourth-order valence-corrected chi connectivity index (χ4v) is 4.09. The number of rotatable bonds is 5. The molecule has 2 saturated heterocycles. The zero-order chi connectivity index (χ0) is 19.8. The normalized spacial score (nSPS) is 23.3. The van der Waals surface area contributed by atoms with Crippen LogP contribution in [0.1, 0.15) is 18.3 Å². The van der Waals surface area contributed by atoms with Gasteiger partial charge in [0.05, 0.1) is 12.6 Å². The molecule has 3 heterocycles. The predicted molar refractivity (Wildman–Crippen MR) is 106 cm³/mol. The molecule has 2 aliphatic heterocycles. The number of nitrogens with zero attached hydrogens (tertiary/aromatic N) is 3. The van der Waals surface area contributed by atoms with E-state index in [-0.39, 0.29) is 31.0 Å². The zero-order valence-electron chi connectivity index (χ0n) is 15.5. The predicted octanol–water partition coefficient (Wildman–Crippen LogP) is 3.24. The third-order valence-electron chi connectivity index (χ3n) is 5.12. The number of para-hydroxylation sites is 2. The van der Waals surface area contributed by atoms with Crippen molar-refractivity contribution in [2.24, 2.45) is 0 Å². The van der Waals surface area contributed by atoms with Gasteiger partial charge >= 0.3 is 0 Å². The van der Waals surface area contributed by atoms with Crippen LogP contribution in [0.25, 0.3) is 5.69 Å². The average Bonchev–Trinajstić information content (AvgIpc) is 3.33. The Morgan fingerprint density at radius 2 is 1.83 bits per heavy atom. The van der Waals surface area contributed by atoms with Crippen LogP contribution in [-0.4, -0.2) is 39.1 Å². The fraction of sp³-hybridized carbons (Fsp3) is 0.286. The molecule has 5 rings (SSSR count). The molecule has 2 bridgehead atoms.